The monoisotopic (exact) mass is 818 g/mol. The van der Waals surface area contributed by atoms with Crippen LogP contribution in [0.1, 0.15) is 95.5 Å². The van der Waals surface area contributed by atoms with Gasteiger partial charge in [0.1, 0.15) is 0 Å². The molecule has 0 radical (unpaired) electrons. The summed E-state index contributed by atoms with van der Waals surface area (Å²) in [6.45, 7) is 23.3. The quantitative estimate of drug-likeness (QED) is 0.156. The van der Waals surface area contributed by atoms with Crippen molar-refractivity contribution in [1.29, 1.82) is 0 Å². The number of rotatable bonds is 3. The van der Waals surface area contributed by atoms with Gasteiger partial charge < -0.3 is 6.92 Å². The van der Waals surface area contributed by atoms with Gasteiger partial charge in [0.05, 0.1) is 0 Å². The molecule has 0 saturated carbocycles. The Morgan fingerprint density at radius 2 is 1.17 bits per heavy atom. The minimum absolute atomic E-state index is 0. The van der Waals surface area contributed by atoms with Gasteiger partial charge in [0.25, 0.3) is 0 Å². The summed E-state index contributed by atoms with van der Waals surface area (Å²) in [5, 5.41) is 0. The minimum atomic E-state index is 0. The molecule has 7 rings (SSSR count). The third kappa shape index (κ3) is 14.2. The number of hydrogen-bond donors (Lipinski definition) is 0. The van der Waals surface area contributed by atoms with E-state index in [1.807, 2.05) is 42.5 Å². The standard InChI is InChI=1S/C33H33.C7H7.C5H5.C4H9.CH2.2ClH.Zr/c1-32(2,3)30-20-26-24(18-28(30)22-13-9-7-10-14-22)17-25-19-29(23-15-11-8-12-16-23)31(21-27(25)26)33(4,5)6;1-7-5-3-2-4-6-7;1-2-4-5-3-1;1-3-4-2;;;;/h7-16,18,20-21H,17H2,1-6H3;2-6H,1H2;1-3H,4H2;1,3-4H2,2H3;1H2;2*1H;/q4*-1;;;;. The SMILES string of the molecule is CC(C)(C)c1cc2c([c-]c1-c1ccccc1)Cc1cc(-c3ccccc3)c(C(C)(C)C)cc1-2.Cl.Cl.[C-]1=CC=CC1.[CH2-]CCC.[CH2-]c1ccccc1.[CH2]=[Zr]. The fourth-order valence-corrected chi connectivity index (χ4v) is 5.92. The molecule has 0 unspecified atom stereocenters. The van der Waals surface area contributed by atoms with Crippen LogP contribution in [-0.2, 0) is 41.5 Å². The summed E-state index contributed by atoms with van der Waals surface area (Å²) in [7, 11) is 0. The van der Waals surface area contributed by atoms with E-state index in [9.17, 15) is 0 Å². The zero-order valence-corrected chi connectivity index (χ0v) is 37.0. The predicted octanol–water partition coefficient (Wildman–Crippen LogP) is 14.6. The predicted molar refractivity (Wildman–Crippen MR) is 236 cm³/mol. The average molecular weight is 821 g/mol. The van der Waals surface area contributed by atoms with Crippen LogP contribution in [0.15, 0.2) is 127 Å². The van der Waals surface area contributed by atoms with Crippen LogP contribution in [0.5, 0.6) is 0 Å². The maximum atomic E-state index is 3.88. The molecule has 5 aromatic carbocycles. The molecule has 3 heteroatoms. The van der Waals surface area contributed by atoms with E-state index >= 15 is 0 Å². The first kappa shape index (κ1) is 47.8. The molecular weight excluding hydrogens is 763 g/mol. The molecule has 0 saturated heterocycles. The summed E-state index contributed by atoms with van der Waals surface area (Å²) in [6, 6.07) is 42.7. The van der Waals surface area contributed by atoms with E-state index in [1.165, 1.54) is 86.3 Å². The second-order valence-electron chi connectivity index (χ2n) is 14.8. The van der Waals surface area contributed by atoms with Gasteiger partial charge in [-0.15, -0.1) is 72.2 Å². The van der Waals surface area contributed by atoms with Gasteiger partial charge in [0, 0.05) is 0 Å². The summed E-state index contributed by atoms with van der Waals surface area (Å²) >= 11 is 1.30. The summed E-state index contributed by atoms with van der Waals surface area (Å²) in [5.41, 5.74) is 14.6. The van der Waals surface area contributed by atoms with Gasteiger partial charge in [0.2, 0.25) is 0 Å². The first-order valence-electron chi connectivity index (χ1n) is 18.1. The van der Waals surface area contributed by atoms with E-state index in [4.69, 9.17) is 0 Å². The Morgan fingerprint density at radius 1 is 0.679 bits per heavy atom. The van der Waals surface area contributed by atoms with Crippen LogP contribution < -0.4 is 0 Å². The van der Waals surface area contributed by atoms with E-state index in [1.54, 1.807) is 0 Å². The summed E-state index contributed by atoms with van der Waals surface area (Å²) < 4.78 is 3.34. The van der Waals surface area contributed by atoms with Crippen molar-refractivity contribution in [3.63, 3.8) is 0 Å². The Bertz CT molecular complexity index is 1730. The average Bonchev–Trinajstić information content (AvgIpc) is 3.84. The Kier molecular flexibility index (Phi) is 21.2. The van der Waals surface area contributed by atoms with Crippen molar-refractivity contribution in [2.45, 2.75) is 85.0 Å². The zero-order valence-electron chi connectivity index (χ0n) is 32.9. The van der Waals surface area contributed by atoms with Gasteiger partial charge >= 0.3 is 28.4 Å². The van der Waals surface area contributed by atoms with Crippen molar-refractivity contribution in [3.05, 3.63) is 181 Å². The fourth-order valence-electron chi connectivity index (χ4n) is 5.92. The van der Waals surface area contributed by atoms with Crippen LogP contribution in [0.3, 0.4) is 0 Å². The molecule has 0 spiro atoms. The molecule has 0 N–H and O–H groups in total. The number of fused-ring (bicyclic) bond motifs is 3. The number of benzene rings is 5. The van der Waals surface area contributed by atoms with Crippen LogP contribution in [-0.4, -0.2) is 4.21 Å². The molecule has 0 heterocycles. The van der Waals surface area contributed by atoms with E-state index in [0.29, 0.717) is 0 Å². The van der Waals surface area contributed by atoms with Crippen molar-refractivity contribution in [2.24, 2.45) is 0 Å². The topological polar surface area (TPSA) is 0 Å². The Balaban J connectivity index is 0.000000580. The van der Waals surface area contributed by atoms with Crippen LogP contribution in [0.2, 0.25) is 0 Å². The van der Waals surface area contributed by atoms with Gasteiger partial charge in [-0.1, -0.05) is 150 Å². The normalized spacial score (nSPS) is 11.5. The first-order valence-corrected chi connectivity index (χ1v) is 19.8. The zero-order chi connectivity index (χ0) is 37.4. The Morgan fingerprint density at radius 3 is 1.57 bits per heavy atom. The van der Waals surface area contributed by atoms with E-state index in [0.717, 1.165) is 24.8 Å². The van der Waals surface area contributed by atoms with Crippen molar-refractivity contribution in [3.8, 4) is 33.4 Å². The molecule has 0 atom stereocenters. The second-order valence-corrected chi connectivity index (χ2v) is 14.8. The van der Waals surface area contributed by atoms with E-state index < -0.39 is 0 Å². The number of halogens is 2. The van der Waals surface area contributed by atoms with Crippen LogP contribution in [0.25, 0.3) is 33.4 Å². The molecule has 0 amide bonds. The molecule has 2 aliphatic carbocycles. The van der Waals surface area contributed by atoms with Crippen LogP contribution >= 0.6 is 24.8 Å². The summed E-state index contributed by atoms with van der Waals surface area (Å²) in [6.07, 6.45) is 13.2. The Labute approximate surface area is 350 Å². The molecule has 0 aromatic heterocycles. The van der Waals surface area contributed by atoms with Crippen molar-refractivity contribution in [2.75, 3.05) is 0 Å². The van der Waals surface area contributed by atoms with Gasteiger partial charge in [-0.3, -0.25) is 6.08 Å². The fraction of sp³-hybridized carbons (Fsp3) is 0.260. The van der Waals surface area contributed by atoms with Gasteiger partial charge in [-0.25, -0.2) is 12.2 Å². The first-order chi connectivity index (χ1) is 24.4. The number of hydrogen-bond acceptors (Lipinski definition) is 0. The summed E-state index contributed by atoms with van der Waals surface area (Å²) in [5.74, 6) is 0. The second kappa shape index (κ2) is 23.5. The molecular formula is C50H58Cl2Zr-4. The number of allylic oxidation sites excluding steroid dienone is 4. The van der Waals surface area contributed by atoms with E-state index in [2.05, 4.69) is 164 Å². The van der Waals surface area contributed by atoms with Gasteiger partial charge in [-0.05, 0) is 39.5 Å². The molecule has 0 bridgehead atoms. The molecule has 53 heavy (non-hydrogen) atoms. The van der Waals surface area contributed by atoms with Crippen LogP contribution in [0, 0.1) is 26.0 Å². The third-order valence-electron chi connectivity index (χ3n) is 8.61. The molecule has 0 aliphatic heterocycles. The van der Waals surface area contributed by atoms with Crippen molar-refractivity contribution >= 4 is 29.0 Å². The Hall–Kier alpha value is -3.22. The molecule has 280 valence electrons. The van der Waals surface area contributed by atoms with Gasteiger partial charge in [0.15, 0.2) is 0 Å². The van der Waals surface area contributed by atoms with Crippen LogP contribution in [0.4, 0.5) is 0 Å². The molecule has 5 aromatic rings. The summed E-state index contributed by atoms with van der Waals surface area (Å²) in [4.78, 5) is 0. The molecule has 2 aliphatic rings. The van der Waals surface area contributed by atoms with E-state index in [-0.39, 0.29) is 35.6 Å². The molecule has 0 fully saturated rings. The van der Waals surface area contributed by atoms with Crippen molar-refractivity contribution in [1.82, 2.24) is 0 Å². The third-order valence-corrected chi connectivity index (χ3v) is 8.61. The number of unbranched alkanes of at least 4 members (excludes halogenated alkanes) is 1. The van der Waals surface area contributed by atoms with Crippen molar-refractivity contribution < 1.29 is 24.2 Å². The van der Waals surface area contributed by atoms with Gasteiger partial charge in [-0.2, -0.15) is 37.1 Å². The molecule has 0 nitrogen and oxygen atoms in total. The maximum absolute atomic E-state index is 3.88.